The predicted molar refractivity (Wildman–Crippen MR) is 89.0 cm³/mol. The van der Waals surface area contributed by atoms with E-state index in [4.69, 9.17) is 4.74 Å². The first kappa shape index (κ1) is 17.5. The average Bonchev–Trinajstić information content (AvgIpc) is 2.63. The number of alkyl carbamates (subject to hydrolysis) is 1. The fourth-order valence-corrected chi connectivity index (χ4v) is 3.66. The van der Waals surface area contributed by atoms with Crippen molar-refractivity contribution in [2.45, 2.75) is 89.6 Å². The molecule has 128 valence electrons. The van der Waals surface area contributed by atoms with Crippen molar-refractivity contribution in [1.82, 2.24) is 15.5 Å². The van der Waals surface area contributed by atoms with Crippen LogP contribution in [-0.4, -0.2) is 54.4 Å². The molecule has 3 atom stereocenters. The van der Waals surface area contributed by atoms with Gasteiger partial charge >= 0.3 is 6.09 Å². The number of hydrogen-bond donors (Lipinski definition) is 2. The van der Waals surface area contributed by atoms with Gasteiger partial charge in [0, 0.05) is 30.7 Å². The van der Waals surface area contributed by atoms with E-state index < -0.39 is 5.60 Å². The summed E-state index contributed by atoms with van der Waals surface area (Å²) in [5.41, 5.74) is -0.442. The lowest BCUT2D eigenvalue weighted by Gasteiger charge is -2.37. The monoisotopic (exact) mass is 311 g/mol. The second-order valence-corrected chi connectivity index (χ2v) is 7.88. The van der Waals surface area contributed by atoms with E-state index >= 15 is 0 Å². The van der Waals surface area contributed by atoms with Crippen molar-refractivity contribution in [2.24, 2.45) is 0 Å². The molecule has 2 bridgehead atoms. The molecule has 5 nitrogen and oxygen atoms in total. The van der Waals surface area contributed by atoms with Crippen LogP contribution >= 0.6 is 0 Å². The van der Waals surface area contributed by atoms with Crippen molar-refractivity contribution in [3.8, 4) is 0 Å². The number of nitrogens with one attached hydrogen (secondary N) is 2. The maximum Gasteiger partial charge on any atom is 0.407 e. The zero-order chi connectivity index (χ0) is 16.3. The highest BCUT2D eigenvalue weighted by Crippen LogP contribution is 2.34. The zero-order valence-corrected chi connectivity index (χ0v) is 14.8. The van der Waals surface area contributed by atoms with E-state index in [1.54, 1.807) is 0 Å². The molecule has 2 heterocycles. The van der Waals surface area contributed by atoms with Crippen molar-refractivity contribution in [3.05, 3.63) is 0 Å². The van der Waals surface area contributed by atoms with Crippen LogP contribution in [0.5, 0.6) is 0 Å². The summed E-state index contributed by atoms with van der Waals surface area (Å²) in [5, 5.41) is 6.64. The van der Waals surface area contributed by atoms with Gasteiger partial charge in [-0.2, -0.15) is 0 Å². The van der Waals surface area contributed by atoms with Crippen LogP contribution < -0.4 is 10.6 Å². The number of amides is 1. The highest BCUT2D eigenvalue weighted by Gasteiger charge is 2.38. The van der Waals surface area contributed by atoms with Gasteiger partial charge in [0.25, 0.3) is 0 Å². The molecule has 3 unspecified atom stereocenters. The van der Waals surface area contributed by atoms with Gasteiger partial charge in [0.1, 0.15) is 5.60 Å². The Morgan fingerprint density at radius 1 is 1.27 bits per heavy atom. The van der Waals surface area contributed by atoms with Crippen LogP contribution in [0.1, 0.15) is 59.8 Å². The minimum absolute atomic E-state index is 0.132. The fourth-order valence-electron chi connectivity index (χ4n) is 3.66. The lowest BCUT2D eigenvalue weighted by atomic mass is 9.97. The van der Waals surface area contributed by atoms with Crippen LogP contribution in [0.15, 0.2) is 0 Å². The summed E-state index contributed by atoms with van der Waals surface area (Å²) >= 11 is 0. The molecule has 2 N–H and O–H groups in total. The van der Waals surface area contributed by atoms with Gasteiger partial charge in [-0.25, -0.2) is 4.79 Å². The van der Waals surface area contributed by atoms with Gasteiger partial charge in [-0.15, -0.1) is 0 Å². The maximum atomic E-state index is 11.9. The van der Waals surface area contributed by atoms with Gasteiger partial charge in [-0.3, -0.25) is 0 Å². The summed E-state index contributed by atoms with van der Waals surface area (Å²) < 4.78 is 5.34. The van der Waals surface area contributed by atoms with E-state index in [0.717, 1.165) is 25.0 Å². The average molecular weight is 311 g/mol. The smallest absolute Gasteiger partial charge is 0.407 e. The molecule has 0 radical (unpaired) electrons. The summed E-state index contributed by atoms with van der Waals surface area (Å²) in [6.45, 7) is 8.59. The summed E-state index contributed by atoms with van der Waals surface area (Å²) in [7, 11) is 2.26. The van der Waals surface area contributed by atoms with Gasteiger partial charge in [0.2, 0.25) is 0 Å². The number of fused-ring (bicyclic) bond motifs is 2. The molecule has 0 saturated carbocycles. The Balaban J connectivity index is 1.73. The minimum atomic E-state index is -0.442. The highest BCUT2D eigenvalue weighted by atomic mass is 16.6. The first-order valence-corrected chi connectivity index (χ1v) is 8.73. The Bertz CT molecular complexity index is 367. The van der Waals surface area contributed by atoms with Gasteiger partial charge in [-0.05, 0) is 59.9 Å². The molecule has 2 rings (SSSR count). The molecule has 1 amide bonds. The molecule has 0 aromatic rings. The number of ether oxygens (including phenoxy) is 1. The normalized spacial score (nSPS) is 30.1. The fraction of sp³-hybridized carbons (Fsp3) is 0.941. The largest absolute Gasteiger partial charge is 0.444 e. The molecule has 2 saturated heterocycles. The van der Waals surface area contributed by atoms with E-state index in [0.29, 0.717) is 6.04 Å². The second kappa shape index (κ2) is 7.18. The molecule has 0 aromatic carbocycles. The van der Waals surface area contributed by atoms with Crippen molar-refractivity contribution in [2.75, 3.05) is 13.6 Å². The van der Waals surface area contributed by atoms with Crippen molar-refractivity contribution in [1.29, 1.82) is 0 Å². The number of hydrogen-bond acceptors (Lipinski definition) is 4. The predicted octanol–water partition coefficient (Wildman–Crippen LogP) is 2.50. The van der Waals surface area contributed by atoms with Crippen LogP contribution in [0.3, 0.4) is 0 Å². The lowest BCUT2D eigenvalue weighted by Crippen LogP contribution is -2.51. The van der Waals surface area contributed by atoms with Crippen LogP contribution in [0.4, 0.5) is 4.79 Å². The lowest BCUT2D eigenvalue weighted by molar-refractivity contribution is 0.0500. The van der Waals surface area contributed by atoms with Crippen molar-refractivity contribution in [3.63, 3.8) is 0 Å². The van der Waals surface area contributed by atoms with E-state index in [1.165, 1.54) is 25.7 Å². The molecule has 2 aliphatic heterocycles. The highest BCUT2D eigenvalue weighted by molar-refractivity contribution is 5.68. The van der Waals surface area contributed by atoms with Crippen LogP contribution in [0, 0.1) is 0 Å². The topological polar surface area (TPSA) is 53.6 Å². The minimum Gasteiger partial charge on any atom is -0.444 e. The second-order valence-electron chi connectivity index (χ2n) is 7.88. The van der Waals surface area contributed by atoms with E-state index in [2.05, 4.69) is 29.5 Å². The van der Waals surface area contributed by atoms with E-state index in [1.807, 2.05) is 20.8 Å². The van der Waals surface area contributed by atoms with Gasteiger partial charge < -0.3 is 20.3 Å². The molecule has 0 aromatic heterocycles. The van der Waals surface area contributed by atoms with Crippen LogP contribution in [0.2, 0.25) is 0 Å². The summed E-state index contributed by atoms with van der Waals surface area (Å²) in [6, 6.07) is 2.21. The molecule has 0 spiro atoms. The van der Waals surface area contributed by atoms with Crippen molar-refractivity contribution >= 4 is 6.09 Å². The Morgan fingerprint density at radius 3 is 2.36 bits per heavy atom. The maximum absolute atomic E-state index is 11.9. The Labute approximate surface area is 135 Å². The summed E-state index contributed by atoms with van der Waals surface area (Å²) in [6.07, 6.45) is 5.74. The third-order valence-electron chi connectivity index (χ3n) is 4.96. The quantitative estimate of drug-likeness (QED) is 0.819. The van der Waals surface area contributed by atoms with Gasteiger partial charge in [-0.1, -0.05) is 6.92 Å². The van der Waals surface area contributed by atoms with E-state index in [-0.39, 0.29) is 12.1 Å². The molecule has 2 fully saturated rings. The molecule has 2 aliphatic rings. The Hall–Kier alpha value is -0.810. The van der Waals surface area contributed by atoms with Crippen molar-refractivity contribution < 1.29 is 9.53 Å². The zero-order valence-electron chi connectivity index (χ0n) is 14.8. The molecular weight excluding hydrogens is 278 g/mol. The van der Waals surface area contributed by atoms with Gasteiger partial charge in [0.05, 0.1) is 0 Å². The molecule has 5 heteroatoms. The third kappa shape index (κ3) is 4.85. The number of rotatable bonds is 5. The molecule has 0 aliphatic carbocycles. The first-order chi connectivity index (χ1) is 10.3. The number of piperidine rings is 1. The Morgan fingerprint density at radius 2 is 1.86 bits per heavy atom. The Kier molecular flexibility index (Phi) is 5.72. The molecular formula is C17H33N3O2. The van der Waals surface area contributed by atoms with Crippen LogP contribution in [0.25, 0.3) is 0 Å². The first-order valence-electron chi connectivity index (χ1n) is 8.73. The molecule has 22 heavy (non-hydrogen) atoms. The summed E-state index contributed by atoms with van der Waals surface area (Å²) in [4.78, 5) is 14.4. The summed E-state index contributed by atoms with van der Waals surface area (Å²) in [5.74, 6) is 0. The van der Waals surface area contributed by atoms with Crippen LogP contribution in [-0.2, 0) is 4.74 Å². The SMILES string of the molecule is CCC(CNC1CC2CCC(C1)N2C)NC(=O)OC(C)(C)C. The standard InChI is InChI=1S/C17H33N3O2/c1-6-12(19-16(21)22-17(2,3)4)11-18-13-9-14-7-8-15(10-13)20(14)5/h12-15,18H,6-11H2,1-5H3,(H,19,21). The number of nitrogens with zero attached hydrogens (tertiary/aromatic N) is 1. The number of carbonyl (C=O) groups excluding carboxylic acids is 1. The number of carbonyl (C=O) groups is 1. The third-order valence-corrected chi connectivity index (χ3v) is 4.96. The van der Waals surface area contributed by atoms with E-state index in [9.17, 15) is 4.79 Å². The van der Waals surface area contributed by atoms with Gasteiger partial charge in [0.15, 0.2) is 0 Å².